The van der Waals surface area contributed by atoms with Gasteiger partial charge in [0.25, 0.3) is 0 Å². The summed E-state index contributed by atoms with van der Waals surface area (Å²) >= 11 is 0. The van der Waals surface area contributed by atoms with Gasteiger partial charge in [0.15, 0.2) is 0 Å². The Labute approximate surface area is 107 Å². The Morgan fingerprint density at radius 2 is 2.05 bits per heavy atom. The number of terminal acetylenes is 1. The van der Waals surface area contributed by atoms with Crippen molar-refractivity contribution in [3.63, 3.8) is 0 Å². The molecule has 6 heteroatoms. The minimum Gasteiger partial charge on any atom is -0.310 e. The number of anilines is 1. The van der Waals surface area contributed by atoms with Gasteiger partial charge in [-0.3, -0.25) is 4.79 Å². The van der Waals surface area contributed by atoms with Gasteiger partial charge in [0.2, 0.25) is 5.91 Å². The average molecular weight is 271 g/mol. The van der Waals surface area contributed by atoms with Gasteiger partial charge in [-0.1, -0.05) is 6.07 Å². The highest BCUT2D eigenvalue weighted by molar-refractivity contribution is 5.97. The van der Waals surface area contributed by atoms with E-state index in [1.165, 1.54) is 0 Å². The monoisotopic (exact) mass is 271 g/mol. The summed E-state index contributed by atoms with van der Waals surface area (Å²) in [6.45, 7) is -0.0259. The van der Waals surface area contributed by atoms with E-state index in [9.17, 15) is 22.4 Å². The maximum atomic E-state index is 13.4. The molecule has 1 unspecified atom stereocenters. The van der Waals surface area contributed by atoms with E-state index in [4.69, 9.17) is 6.42 Å². The first-order valence-corrected chi connectivity index (χ1v) is 5.46. The summed E-state index contributed by atoms with van der Waals surface area (Å²) in [5.41, 5.74) is -1.91. The zero-order valence-corrected chi connectivity index (χ0v) is 9.67. The molecular weight excluding hydrogens is 262 g/mol. The topological polar surface area (TPSA) is 20.3 Å². The summed E-state index contributed by atoms with van der Waals surface area (Å²) in [4.78, 5) is 12.6. The molecule has 1 heterocycles. The highest BCUT2D eigenvalue weighted by Crippen LogP contribution is 2.40. The van der Waals surface area contributed by atoms with Crippen molar-refractivity contribution >= 4 is 11.6 Å². The summed E-state index contributed by atoms with van der Waals surface area (Å²) in [7, 11) is 0. The maximum Gasteiger partial charge on any atom is 0.421 e. The highest BCUT2D eigenvalue weighted by atomic mass is 19.4. The fourth-order valence-corrected chi connectivity index (χ4v) is 2.07. The molecule has 1 amide bonds. The van der Waals surface area contributed by atoms with Crippen LogP contribution in [0.2, 0.25) is 0 Å². The van der Waals surface area contributed by atoms with E-state index >= 15 is 0 Å². The summed E-state index contributed by atoms with van der Waals surface area (Å²) in [5.74, 6) is -0.0476. The van der Waals surface area contributed by atoms with E-state index < -0.39 is 35.1 Å². The number of hydrogen-bond acceptors (Lipinski definition) is 1. The van der Waals surface area contributed by atoms with Crippen LogP contribution in [0.5, 0.6) is 0 Å². The van der Waals surface area contributed by atoms with Gasteiger partial charge in [-0.05, 0) is 12.1 Å². The Bertz CT molecular complexity index is 559. The van der Waals surface area contributed by atoms with Crippen LogP contribution in [0.3, 0.4) is 0 Å². The number of nitrogens with zero attached hydrogens (tertiary/aromatic N) is 1. The second kappa shape index (κ2) is 4.57. The summed E-state index contributed by atoms with van der Waals surface area (Å²) in [6.07, 6.45) is 0.275. The molecule has 0 radical (unpaired) electrons. The molecule has 1 aliphatic rings. The minimum atomic E-state index is -4.87. The zero-order chi connectivity index (χ0) is 14.2. The molecule has 0 N–H and O–H groups in total. The molecule has 2 rings (SSSR count). The molecular formula is C13H9F4NO. The lowest BCUT2D eigenvalue weighted by Crippen LogP contribution is -2.28. The van der Waals surface area contributed by atoms with E-state index in [0.717, 1.165) is 17.0 Å². The SMILES string of the molecule is C#CC1CC(=O)N(c2cccc(F)c2C(F)(F)F)C1. The second-order valence-electron chi connectivity index (χ2n) is 4.20. The number of halogens is 4. The van der Waals surface area contributed by atoms with Crippen molar-refractivity contribution in [2.24, 2.45) is 5.92 Å². The molecule has 1 atom stereocenters. The van der Waals surface area contributed by atoms with E-state index in [2.05, 4.69) is 5.92 Å². The molecule has 1 aromatic carbocycles. The number of hydrogen-bond donors (Lipinski definition) is 0. The van der Waals surface area contributed by atoms with Crippen LogP contribution in [-0.4, -0.2) is 12.5 Å². The largest absolute Gasteiger partial charge is 0.421 e. The van der Waals surface area contributed by atoms with Gasteiger partial charge in [-0.15, -0.1) is 12.3 Å². The first kappa shape index (κ1) is 13.4. The van der Waals surface area contributed by atoms with Crippen molar-refractivity contribution in [1.29, 1.82) is 0 Å². The van der Waals surface area contributed by atoms with Crippen molar-refractivity contribution in [3.8, 4) is 12.3 Å². The van der Waals surface area contributed by atoms with E-state index in [0.29, 0.717) is 6.07 Å². The Balaban J connectivity index is 2.50. The van der Waals surface area contributed by atoms with Gasteiger partial charge >= 0.3 is 6.18 Å². The molecule has 0 bridgehead atoms. The summed E-state index contributed by atoms with van der Waals surface area (Å²) < 4.78 is 52.0. The molecule has 1 saturated heterocycles. The molecule has 0 aliphatic carbocycles. The summed E-state index contributed by atoms with van der Waals surface area (Å²) in [6, 6.07) is 2.92. The molecule has 100 valence electrons. The molecule has 2 nitrogen and oxygen atoms in total. The van der Waals surface area contributed by atoms with Crippen LogP contribution in [0, 0.1) is 24.1 Å². The predicted octanol–water partition coefficient (Wildman–Crippen LogP) is 2.83. The predicted molar refractivity (Wildman–Crippen MR) is 60.7 cm³/mol. The number of alkyl halides is 3. The zero-order valence-electron chi connectivity index (χ0n) is 9.67. The normalized spacial score (nSPS) is 19.6. The van der Waals surface area contributed by atoms with Crippen molar-refractivity contribution in [1.82, 2.24) is 0 Å². The van der Waals surface area contributed by atoms with Crippen molar-refractivity contribution in [2.45, 2.75) is 12.6 Å². The smallest absolute Gasteiger partial charge is 0.310 e. The van der Waals surface area contributed by atoms with Gasteiger partial charge in [0.05, 0.1) is 5.69 Å². The molecule has 1 aromatic rings. The molecule has 1 aliphatic heterocycles. The molecule has 1 fully saturated rings. The summed E-state index contributed by atoms with van der Waals surface area (Å²) in [5, 5.41) is 0. The van der Waals surface area contributed by atoms with Crippen LogP contribution in [0.1, 0.15) is 12.0 Å². The quantitative estimate of drug-likeness (QED) is 0.568. The van der Waals surface area contributed by atoms with Crippen molar-refractivity contribution in [3.05, 3.63) is 29.6 Å². The maximum absolute atomic E-state index is 13.4. The first-order valence-electron chi connectivity index (χ1n) is 5.46. The van der Waals surface area contributed by atoms with E-state index in [-0.39, 0.29) is 13.0 Å². The number of carbonyl (C=O) groups is 1. The lowest BCUT2D eigenvalue weighted by Gasteiger charge is -2.21. The number of rotatable bonds is 1. The van der Waals surface area contributed by atoms with Gasteiger partial charge in [-0.2, -0.15) is 13.2 Å². The van der Waals surface area contributed by atoms with Gasteiger partial charge in [-0.25, -0.2) is 4.39 Å². The average Bonchev–Trinajstić information content (AvgIpc) is 2.68. The second-order valence-corrected chi connectivity index (χ2v) is 4.20. The lowest BCUT2D eigenvalue weighted by atomic mass is 10.1. The highest BCUT2D eigenvalue weighted by Gasteiger charge is 2.41. The van der Waals surface area contributed by atoms with Gasteiger partial charge in [0, 0.05) is 18.9 Å². The Morgan fingerprint density at radius 1 is 1.37 bits per heavy atom. The van der Waals surface area contributed by atoms with Crippen LogP contribution in [0.25, 0.3) is 0 Å². The van der Waals surface area contributed by atoms with Crippen molar-refractivity contribution < 1.29 is 22.4 Å². The fourth-order valence-electron chi connectivity index (χ4n) is 2.07. The van der Waals surface area contributed by atoms with E-state index in [1.54, 1.807) is 0 Å². The molecule has 0 aromatic heterocycles. The minimum absolute atomic E-state index is 0.0235. The fraction of sp³-hybridized carbons (Fsp3) is 0.308. The van der Waals surface area contributed by atoms with Crippen LogP contribution in [-0.2, 0) is 11.0 Å². The van der Waals surface area contributed by atoms with Gasteiger partial charge < -0.3 is 4.90 Å². The Morgan fingerprint density at radius 3 is 2.58 bits per heavy atom. The third-order valence-electron chi connectivity index (χ3n) is 2.93. The third kappa shape index (κ3) is 2.41. The Kier molecular flexibility index (Phi) is 3.23. The number of benzene rings is 1. The lowest BCUT2D eigenvalue weighted by molar-refractivity contribution is -0.139. The van der Waals surface area contributed by atoms with Crippen molar-refractivity contribution in [2.75, 3.05) is 11.4 Å². The van der Waals surface area contributed by atoms with Crippen LogP contribution >= 0.6 is 0 Å². The standard InChI is InChI=1S/C13H9F4NO/c1-2-8-6-11(19)18(7-8)10-5-3-4-9(14)12(10)13(15,16)17/h1,3-5,8H,6-7H2. The van der Waals surface area contributed by atoms with Crippen LogP contribution < -0.4 is 4.90 Å². The Hall–Kier alpha value is -2.03. The molecule has 0 saturated carbocycles. The molecule has 19 heavy (non-hydrogen) atoms. The van der Waals surface area contributed by atoms with Crippen LogP contribution in [0.4, 0.5) is 23.2 Å². The number of carbonyl (C=O) groups excluding carboxylic acids is 1. The first-order chi connectivity index (χ1) is 8.84. The van der Waals surface area contributed by atoms with E-state index in [1.807, 2.05) is 0 Å². The number of amides is 1. The molecule has 0 spiro atoms. The van der Waals surface area contributed by atoms with Gasteiger partial charge in [0.1, 0.15) is 11.4 Å². The van der Waals surface area contributed by atoms with Crippen LogP contribution in [0.15, 0.2) is 18.2 Å². The third-order valence-corrected chi connectivity index (χ3v) is 2.93.